The fraction of sp³-hybridized carbons (Fsp3) is 0.410. The van der Waals surface area contributed by atoms with Gasteiger partial charge in [-0.2, -0.15) is 15.2 Å². The van der Waals surface area contributed by atoms with Gasteiger partial charge in [-0.1, -0.05) is 18.6 Å². The van der Waals surface area contributed by atoms with Crippen molar-refractivity contribution in [1.82, 2.24) is 24.8 Å². The van der Waals surface area contributed by atoms with Crippen molar-refractivity contribution in [3.63, 3.8) is 0 Å². The lowest BCUT2D eigenvalue weighted by Gasteiger charge is -2.42. The number of piperazine rings is 1. The van der Waals surface area contributed by atoms with E-state index in [4.69, 9.17) is 16.1 Å². The third-order valence-electron chi connectivity index (χ3n) is 11.2. The number of hydrogen-bond acceptors (Lipinski definition) is 9. The molecule has 53 heavy (non-hydrogen) atoms. The summed E-state index contributed by atoms with van der Waals surface area (Å²) in [5.41, 5.74) is -1.86. The fourth-order valence-corrected chi connectivity index (χ4v) is 9.07. The summed E-state index contributed by atoms with van der Waals surface area (Å²) >= 11 is 0. The molecular formula is C39H39F3N7O3P. The number of carbonyl (C=O) groups excluding carboxylic acids is 1. The van der Waals surface area contributed by atoms with Gasteiger partial charge in [-0.15, -0.1) is 6.42 Å². The van der Waals surface area contributed by atoms with Crippen molar-refractivity contribution < 1.29 is 27.3 Å². The van der Waals surface area contributed by atoms with E-state index >= 15 is 8.78 Å². The van der Waals surface area contributed by atoms with Crippen molar-refractivity contribution >= 4 is 45.8 Å². The molecule has 2 aromatic carbocycles. The number of aromatic nitrogens is 3. The summed E-state index contributed by atoms with van der Waals surface area (Å²) in [7, 11) is -1.11. The third-order valence-corrected chi connectivity index (χ3v) is 12.7. The molecule has 3 saturated heterocycles. The summed E-state index contributed by atoms with van der Waals surface area (Å²) in [5, 5.41) is 11.6. The molecule has 14 heteroatoms. The lowest BCUT2D eigenvalue weighted by atomic mass is 9.83. The number of benzene rings is 2. The zero-order valence-corrected chi connectivity index (χ0v) is 31.1. The molecule has 10 nitrogen and oxygen atoms in total. The zero-order chi connectivity index (χ0) is 38.2. The second-order valence-corrected chi connectivity index (χ2v) is 18.5. The summed E-state index contributed by atoms with van der Waals surface area (Å²) in [6.07, 6.45) is 8.02. The number of hydrogen-bond donors (Lipinski definition) is 0. The standard InChI is InChI=1S/C39H39F3N7O3P/c1-8-26-29(41)11-10-22-12-25(53(6,7)51)13-27(32(22)26)34-33(42)35-28(16-44-34)36(46-37(45-35)52-21-39(4)14-23(40)17-47(39)5)48-18-24-15-38(3,20-43)30(19-48)49(24)31(50)9-2/h1,9-13,16,23-24,30H,2,14-15,17-19,21H2,3-7H3/t23-,24-,30-,38?,39+/m1/s1. The minimum Gasteiger partial charge on any atom is -0.461 e. The second-order valence-electron chi connectivity index (χ2n) is 15.2. The molecule has 3 aliphatic heterocycles. The second kappa shape index (κ2) is 12.9. The molecule has 0 saturated carbocycles. The highest BCUT2D eigenvalue weighted by molar-refractivity contribution is 7.70. The highest BCUT2D eigenvalue weighted by Gasteiger charge is 2.55. The van der Waals surface area contributed by atoms with Gasteiger partial charge in [0.2, 0.25) is 5.91 Å². The van der Waals surface area contributed by atoms with Crippen LogP contribution in [-0.4, -0.2) is 101 Å². The molecule has 1 amide bonds. The van der Waals surface area contributed by atoms with Gasteiger partial charge in [-0.05, 0) is 70.3 Å². The van der Waals surface area contributed by atoms with Gasteiger partial charge in [0, 0.05) is 48.5 Å². The van der Waals surface area contributed by atoms with Gasteiger partial charge < -0.3 is 19.1 Å². The van der Waals surface area contributed by atoms with Crippen molar-refractivity contribution in [3.8, 4) is 35.7 Å². The number of rotatable bonds is 7. The largest absolute Gasteiger partial charge is 0.461 e. The number of ether oxygens (including phenoxy) is 1. The van der Waals surface area contributed by atoms with Gasteiger partial charge >= 0.3 is 6.01 Å². The van der Waals surface area contributed by atoms with Crippen LogP contribution in [0.4, 0.5) is 19.0 Å². The van der Waals surface area contributed by atoms with Gasteiger partial charge in [-0.25, -0.2) is 13.2 Å². The van der Waals surface area contributed by atoms with Crippen molar-refractivity contribution in [2.45, 2.75) is 50.5 Å². The van der Waals surface area contributed by atoms with Crippen LogP contribution < -0.4 is 14.9 Å². The van der Waals surface area contributed by atoms with Crippen molar-refractivity contribution in [2.75, 3.05) is 51.5 Å². The van der Waals surface area contributed by atoms with E-state index in [1.807, 2.05) is 23.6 Å². The summed E-state index contributed by atoms with van der Waals surface area (Å²) in [6, 6.07) is 7.25. The van der Waals surface area contributed by atoms with Crippen LogP contribution in [0.2, 0.25) is 0 Å². The van der Waals surface area contributed by atoms with Gasteiger partial charge in [0.15, 0.2) is 5.82 Å². The Morgan fingerprint density at radius 3 is 2.58 bits per heavy atom. The zero-order valence-electron chi connectivity index (χ0n) is 30.2. The average molecular weight is 742 g/mol. The van der Waals surface area contributed by atoms with E-state index in [1.54, 1.807) is 31.3 Å². The quantitative estimate of drug-likeness (QED) is 0.134. The topological polar surface area (TPSA) is 116 Å². The van der Waals surface area contributed by atoms with E-state index in [9.17, 15) is 19.0 Å². The lowest BCUT2D eigenvalue weighted by molar-refractivity contribution is -0.129. The number of carbonyl (C=O) groups is 1. The number of halogens is 3. The van der Waals surface area contributed by atoms with Crippen LogP contribution in [0.3, 0.4) is 0 Å². The molecule has 3 fully saturated rings. The van der Waals surface area contributed by atoms with Gasteiger partial charge in [-0.3, -0.25) is 14.7 Å². The van der Waals surface area contributed by atoms with Gasteiger partial charge in [0.1, 0.15) is 42.8 Å². The molecular weight excluding hydrogens is 702 g/mol. The summed E-state index contributed by atoms with van der Waals surface area (Å²) in [5.74, 6) is 0.826. The first-order valence-corrected chi connectivity index (χ1v) is 19.9. The lowest BCUT2D eigenvalue weighted by Crippen LogP contribution is -2.57. The molecule has 0 aliphatic carbocycles. The first-order chi connectivity index (χ1) is 25.0. The van der Waals surface area contributed by atoms with Gasteiger partial charge in [0.05, 0.1) is 40.1 Å². The molecule has 2 aromatic heterocycles. The number of pyridine rings is 1. The molecule has 0 radical (unpaired) electrons. The number of likely N-dealkylation sites (N-methyl/N-ethyl adjacent to an activating group) is 1. The first kappa shape index (κ1) is 36.4. The Hall–Kier alpha value is -4.97. The Balaban J connectivity index is 1.42. The Labute approximate surface area is 306 Å². The molecule has 274 valence electrons. The first-order valence-electron chi connectivity index (χ1n) is 17.3. The van der Waals surface area contributed by atoms with Crippen LogP contribution >= 0.6 is 7.14 Å². The van der Waals surface area contributed by atoms with Crippen LogP contribution in [-0.2, 0) is 9.36 Å². The van der Waals surface area contributed by atoms with Crippen LogP contribution in [0.15, 0.2) is 43.1 Å². The van der Waals surface area contributed by atoms with Crippen molar-refractivity contribution in [1.29, 1.82) is 5.26 Å². The minimum atomic E-state index is -2.91. The minimum absolute atomic E-state index is 0.00751. The molecule has 4 aromatic rings. The Kier molecular flexibility index (Phi) is 8.83. The summed E-state index contributed by atoms with van der Waals surface area (Å²) in [6.45, 7) is 11.2. The molecule has 7 rings (SSSR count). The number of anilines is 1. The fourth-order valence-electron chi connectivity index (χ4n) is 8.18. The van der Waals surface area contributed by atoms with Crippen molar-refractivity contribution in [3.05, 3.63) is 60.3 Å². The van der Waals surface area contributed by atoms with E-state index in [0.29, 0.717) is 17.1 Å². The number of nitrogens with zero attached hydrogens (tertiary/aromatic N) is 7. The van der Waals surface area contributed by atoms with E-state index in [-0.39, 0.29) is 89.5 Å². The SMILES string of the molecule is C#Cc1c(F)ccc2cc(P(C)(C)=O)cc(-c3ncc4c(N5C[C@H]6CC(C)(C#N)[C@@H](C5)N6C(=O)C=C)nc(OC[C@]5(C)C[C@@H](F)CN5C)nc4c3F)c12. The molecule has 5 atom stereocenters. The maximum absolute atomic E-state index is 17.3. The van der Waals surface area contributed by atoms with Crippen LogP contribution in [0.1, 0.15) is 32.3 Å². The number of terminal acetylenes is 1. The smallest absolute Gasteiger partial charge is 0.319 e. The van der Waals surface area contributed by atoms with Crippen LogP contribution in [0.25, 0.3) is 32.9 Å². The van der Waals surface area contributed by atoms with Crippen molar-refractivity contribution in [2.24, 2.45) is 5.41 Å². The summed E-state index contributed by atoms with van der Waals surface area (Å²) < 4.78 is 66.3. The van der Waals surface area contributed by atoms with E-state index in [0.717, 1.165) is 0 Å². The average Bonchev–Trinajstić information content (AvgIpc) is 3.48. The number of alkyl halides is 1. The third kappa shape index (κ3) is 6.00. The van der Waals surface area contributed by atoms with E-state index < -0.39 is 41.9 Å². The normalized spacial score (nSPS) is 25.8. The molecule has 0 N–H and O–H groups in total. The molecule has 0 spiro atoms. The number of amides is 1. The highest BCUT2D eigenvalue weighted by Crippen LogP contribution is 2.46. The maximum Gasteiger partial charge on any atom is 0.319 e. The number of nitriles is 1. The maximum atomic E-state index is 17.3. The van der Waals surface area contributed by atoms with Crippen LogP contribution in [0.5, 0.6) is 6.01 Å². The van der Waals surface area contributed by atoms with E-state index in [1.165, 1.54) is 30.5 Å². The van der Waals surface area contributed by atoms with E-state index in [2.05, 4.69) is 28.5 Å². The highest BCUT2D eigenvalue weighted by atomic mass is 31.2. The monoisotopic (exact) mass is 741 g/mol. The number of likely N-dealkylation sites (tertiary alicyclic amines) is 1. The van der Waals surface area contributed by atoms with Gasteiger partial charge in [0.25, 0.3) is 0 Å². The molecule has 3 aliphatic rings. The predicted molar refractivity (Wildman–Crippen MR) is 198 cm³/mol. The molecule has 5 heterocycles. The Morgan fingerprint density at radius 2 is 1.94 bits per heavy atom. The van der Waals surface area contributed by atoms with Crippen LogP contribution in [0, 0.1) is 40.7 Å². The Morgan fingerprint density at radius 1 is 1.19 bits per heavy atom. The molecule has 2 bridgehead atoms. The molecule has 1 unspecified atom stereocenters. The Bertz CT molecular complexity index is 2360. The predicted octanol–water partition coefficient (Wildman–Crippen LogP) is 5.67. The summed E-state index contributed by atoms with van der Waals surface area (Å²) in [4.78, 5) is 32.3. The number of fused-ring (bicyclic) bond motifs is 4.